The maximum absolute atomic E-state index is 12.2. The van der Waals surface area contributed by atoms with E-state index in [1.54, 1.807) is 7.11 Å². The number of methoxy groups -OCH3 is 1. The van der Waals surface area contributed by atoms with Crippen LogP contribution in [0.4, 0.5) is 5.69 Å². The lowest BCUT2D eigenvalue weighted by molar-refractivity contribution is 0.0894. The molecule has 0 aliphatic carbocycles. The van der Waals surface area contributed by atoms with E-state index in [1.165, 1.54) is 0 Å². The predicted molar refractivity (Wildman–Crippen MR) is 87.3 cm³/mol. The van der Waals surface area contributed by atoms with Crippen molar-refractivity contribution in [1.82, 2.24) is 5.32 Å². The monoisotopic (exact) mass is 306 g/mol. The van der Waals surface area contributed by atoms with Crippen LogP contribution < -0.4 is 10.2 Å². The number of carbonyl (C=O) groups is 1. The fourth-order valence-electron chi connectivity index (χ4n) is 2.68. The van der Waals surface area contributed by atoms with E-state index in [0.717, 1.165) is 38.0 Å². The summed E-state index contributed by atoms with van der Waals surface area (Å²) in [7, 11) is 1.64. The largest absolute Gasteiger partial charge is 0.393 e. The summed E-state index contributed by atoms with van der Waals surface area (Å²) >= 11 is 0. The first kappa shape index (κ1) is 16.8. The van der Waals surface area contributed by atoms with E-state index in [1.807, 2.05) is 31.2 Å². The van der Waals surface area contributed by atoms with Crippen molar-refractivity contribution in [2.75, 3.05) is 31.7 Å². The molecule has 1 aliphatic rings. The third kappa shape index (κ3) is 4.45. The lowest BCUT2D eigenvalue weighted by Gasteiger charge is -2.31. The summed E-state index contributed by atoms with van der Waals surface area (Å²) in [5, 5.41) is 12.5. The van der Waals surface area contributed by atoms with E-state index in [2.05, 4.69) is 10.2 Å². The van der Waals surface area contributed by atoms with Crippen molar-refractivity contribution >= 4 is 11.6 Å². The SMILES string of the molecule is CCC(COC)NC(=O)c1ccc(N2CCC(O)CC2)cc1. The van der Waals surface area contributed by atoms with Crippen LogP contribution in [-0.4, -0.2) is 50.0 Å². The van der Waals surface area contributed by atoms with Gasteiger partial charge in [0.25, 0.3) is 5.91 Å². The molecule has 0 aromatic heterocycles. The quantitative estimate of drug-likeness (QED) is 0.841. The standard InChI is InChI=1S/C17H26N2O3/c1-3-14(12-22-2)18-17(21)13-4-6-15(7-5-13)19-10-8-16(20)9-11-19/h4-7,14,16,20H,3,8-12H2,1-2H3,(H,18,21). The van der Waals surface area contributed by atoms with Gasteiger partial charge in [0.05, 0.1) is 18.8 Å². The molecule has 1 saturated heterocycles. The number of aliphatic hydroxyl groups is 1. The van der Waals surface area contributed by atoms with Crippen LogP contribution in [0.15, 0.2) is 24.3 Å². The van der Waals surface area contributed by atoms with Gasteiger partial charge >= 0.3 is 0 Å². The second kappa shape index (κ2) is 8.15. The molecule has 5 nitrogen and oxygen atoms in total. The first-order valence-electron chi connectivity index (χ1n) is 7.97. The Kier molecular flexibility index (Phi) is 6.21. The highest BCUT2D eigenvalue weighted by Gasteiger charge is 2.18. The highest BCUT2D eigenvalue weighted by Crippen LogP contribution is 2.20. The molecule has 1 aromatic rings. The van der Waals surface area contributed by atoms with Gasteiger partial charge in [-0.2, -0.15) is 0 Å². The lowest BCUT2D eigenvalue weighted by atomic mass is 10.1. The highest BCUT2D eigenvalue weighted by atomic mass is 16.5. The zero-order valence-corrected chi connectivity index (χ0v) is 13.4. The number of ether oxygens (including phenoxy) is 1. The second-order valence-electron chi connectivity index (χ2n) is 5.80. The van der Waals surface area contributed by atoms with Gasteiger partial charge in [-0.15, -0.1) is 0 Å². The molecule has 22 heavy (non-hydrogen) atoms. The first-order chi connectivity index (χ1) is 10.6. The molecule has 0 spiro atoms. The molecule has 1 heterocycles. The molecule has 2 rings (SSSR count). The van der Waals surface area contributed by atoms with Crippen molar-refractivity contribution in [3.8, 4) is 0 Å². The number of hydrogen-bond acceptors (Lipinski definition) is 4. The summed E-state index contributed by atoms with van der Waals surface area (Å²) in [6.45, 7) is 4.27. The summed E-state index contributed by atoms with van der Waals surface area (Å²) < 4.78 is 5.10. The van der Waals surface area contributed by atoms with Gasteiger partial charge in [-0.1, -0.05) is 6.92 Å². The molecule has 0 radical (unpaired) electrons. The summed E-state index contributed by atoms with van der Waals surface area (Å²) in [5.41, 5.74) is 1.77. The third-order valence-corrected chi connectivity index (χ3v) is 4.15. The number of nitrogens with one attached hydrogen (secondary N) is 1. The Morgan fingerprint density at radius 2 is 2.00 bits per heavy atom. The molecule has 1 unspecified atom stereocenters. The molecular weight excluding hydrogens is 280 g/mol. The lowest BCUT2D eigenvalue weighted by Crippen LogP contribution is -2.37. The molecule has 5 heteroatoms. The fourth-order valence-corrected chi connectivity index (χ4v) is 2.68. The zero-order chi connectivity index (χ0) is 15.9. The third-order valence-electron chi connectivity index (χ3n) is 4.15. The number of piperidine rings is 1. The van der Waals surface area contributed by atoms with Gasteiger partial charge in [-0.05, 0) is 43.5 Å². The maximum Gasteiger partial charge on any atom is 0.251 e. The Labute approximate surface area is 132 Å². The number of carbonyl (C=O) groups excluding carboxylic acids is 1. The van der Waals surface area contributed by atoms with E-state index in [4.69, 9.17) is 4.74 Å². The van der Waals surface area contributed by atoms with Crippen LogP contribution >= 0.6 is 0 Å². The molecule has 1 aliphatic heterocycles. The number of aliphatic hydroxyl groups excluding tert-OH is 1. The smallest absolute Gasteiger partial charge is 0.251 e. The summed E-state index contributed by atoms with van der Waals surface area (Å²) in [5.74, 6) is -0.0653. The highest BCUT2D eigenvalue weighted by molar-refractivity contribution is 5.94. The molecule has 1 atom stereocenters. The summed E-state index contributed by atoms with van der Waals surface area (Å²) in [6, 6.07) is 7.71. The van der Waals surface area contributed by atoms with Crippen LogP contribution in [0.5, 0.6) is 0 Å². The minimum atomic E-state index is -0.173. The first-order valence-corrected chi connectivity index (χ1v) is 7.97. The van der Waals surface area contributed by atoms with Gasteiger partial charge in [-0.25, -0.2) is 0 Å². The topological polar surface area (TPSA) is 61.8 Å². The van der Waals surface area contributed by atoms with E-state index in [9.17, 15) is 9.90 Å². The minimum absolute atomic E-state index is 0.0424. The van der Waals surface area contributed by atoms with Crippen LogP contribution in [0.3, 0.4) is 0 Å². The van der Waals surface area contributed by atoms with Gasteiger partial charge < -0.3 is 20.1 Å². The van der Waals surface area contributed by atoms with Crippen molar-refractivity contribution in [2.45, 2.75) is 38.3 Å². The normalized spacial score (nSPS) is 17.3. The van der Waals surface area contributed by atoms with Crippen molar-refractivity contribution in [2.24, 2.45) is 0 Å². The number of benzene rings is 1. The minimum Gasteiger partial charge on any atom is -0.393 e. The number of anilines is 1. The molecular formula is C17H26N2O3. The van der Waals surface area contributed by atoms with Gasteiger partial charge in [0, 0.05) is 31.5 Å². The number of nitrogens with zero attached hydrogens (tertiary/aromatic N) is 1. The van der Waals surface area contributed by atoms with Crippen molar-refractivity contribution < 1.29 is 14.6 Å². The molecule has 1 fully saturated rings. The molecule has 122 valence electrons. The molecule has 1 amide bonds. The van der Waals surface area contributed by atoms with Gasteiger partial charge in [-0.3, -0.25) is 4.79 Å². The van der Waals surface area contributed by atoms with E-state index in [-0.39, 0.29) is 18.1 Å². The fraction of sp³-hybridized carbons (Fsp3) is 0.588. The number of amides is 1. The van der Waals surface area contributed by atoms with Crippen LogP contribution in [0.2, 0.25) is 0 Å². The van der Waals surface area contributed by atoms with Crippen LogP contribution in [0.1, 0.15) is 36.5 Å². The van der Waals surface area contributed by atoms with Gasteiger partial charge in [0.15, 0.2) is 0 Å². The van der Waals surface area contributed by atoms with Crippen molar-refractivity contribution in [3.63, 3.8) is 0 Å². The molecule has 2 N–H and O–H groups in total. The van der Waals surface area contributed by atoms with Gasteiger partial charge in [0.1, 0.15) is 0 Å². The zero-order valence-electron chi connectivity index (χ0n) is 13.4. The van der Waals surface area contributed by atoms with E-state index < -0.39 is 0 Å². The number of hydrogen-bond donors (Lipinski definition) is 2. The molecule has 0 saturated carbocycles. The predicted octanol–water partition coefficient (Wildman–Crippen LogP) is 1.80. The van der Waals surface area contributed by atoms with Crippen LogP contribution in [-0.2, 0) is 4.74 Å². The Hall–Kier alpha value is -1.59. The van der Waals surface area contributed by atoms with Crippen molar-refractivity contribution in [3.05, 3.63) is 29.8 Å². The molecule has 0 bridgehead atoms. The van der Waals surface area contributed by atoms with Gasteiger partial charge in [0.2, 0.25) is 0 Å². The average molecular weight is 306 g/mol. The van der Waals surface area contributed by atoms with E-state index >= 15 is 0 Å². The maximum atomic E-state index is 12.2. The summed E-state index contributed by atoms with van der Waals surface area (Å²) in [4.78, 5) is 14.5. The summed E-state index contributed by atoms with van der Waals surface area (Å²) in [6.07, 6.45) is 2.27. The number of rotatable bonds is 6. The van der Waals surface area contributed by atoms with Crippen molar-refractivity contribution in [1.29, 1.82) is 0 Å². The Bertz CT molecular complexity index is 467. The van der Waals surface area contributed by atoms with Crippen LogP contribution in [0, 0.1) is 0 Å². The Morgan fingerprint density at radius 3 is 2.55 bits per heavy atom. The Morgan fingerprint density at radius 1 is 1.36 bits per heavy atom. The second-order valence-corrected chi connectivity index (χ2v) is 5.80. The average Bonchev–Trinajstić information content (AvgIpc) is 2.55. The molecule has 1 aromatic carbocycles. The Balaban J connectivity index is 1.94. The van der Waals surface area contributed by atoms with E-state index in [0.29, 0.717) is 12.2 Å². The van der Waals surface area contributed by atoms with Crippen LogP contribution in [0.25, 0.3) is 0 Å².